The molecule has 3 rings (SSSR count). The van der Waals surface area contributed by atoms with E-state index in [4.69, 9.17) is 5.73 Å². The molecule has 0 aliphatic carbocycles. The first-order valence-corrected chi connectivity index (χ1v) is 13.8. The van der Waals surface area contributed by atoms with Crippen LogP contribution in [0.25, 0.3) is 0 Å². The number of nitrogens with zero attached hydrogens (tertiary/aromatic N) is 1. The Morgan fingerprint density at radius 3 is 2.37 bits per heavy atom. The molecule has 7 heteroatoms. The Hall–Kier alpha value is -3.48. The van der Waals surface area contributed by atoms with Gasteiger partial charge >= 0.3 is 0 Å². The summed E-state index contributed by atoms with van der Waals surface area (Å²) in [5.41, 5.74) is 7.74. The third kappa shape index (κ3) is 7.76. The van der Waals surface area contributed by atoms with Gasteiger partial charge in [0.15, 0.2) is 5.78 Å². The van der Waals surface area contributed by atoms with E-state index in [1.807, 2.05) is 57.2 Å². The highest BCUT2D eigenvalue weighted by molar-refractivity contribution is 6.09. The number of benzene rings is 2. The molecule has 0 saturated carbocycles. The van der Waals surface area contributed by atoms with Gasteiger partial charge in [0.1, 0.15) is 6.04 Å². The maximum atomic E-state index is 13.6. The molecule has 0 bridgehead atoms. The van der Waals surface area contributed by atoms with Crippen LogP contribution in [0.3, 0.4) is 0 Å². The first kappa shape index (κ1) is 29.1. The van der Waals surface area contributed by atoms with E-state index < -0.39 is 23.8 Å². The number of hydrogen-bond acceptors (Lipinski definition) is 4. The van der Waals surface area contributed by atoms with Crippen LogP contribution in [0.15, 0.2) is 54.6 Å². The quantitative estimate of drug-likeness (QED) is 0.403. The third-order valence-corrected chi connectivity index (χ3v) is 7.21. The lowest BCUT2D eigenvalue weighted by molar-refractivity contribution is -0.139. The molecule has 1 aliphatic rings. The van der Waals surface area contributed by atoms with Crippen LogP contribution in [-0.2, 0) is 20.9 Å². The SMILES string of the molecule is CCC[C@H](C(N)=O)C(CC(C)C)C(=O)NC1CCCCN(Cc2cccc(C(=O)c3ccccc3)c2)C1=O. The van der Waals surface area contributed by atoms with Crippen LogP contribution in [0.1, 0.15) is 80.8 Å². The Bertz CT molecular complexity index is 1120. The fourth-order valence-corrected chi connectivity index (χ4v) is 5.28. The highest BCUT2D eigenvalue weighted by atomic mass is 16.2. The molecule has 3 amide bonds. The molecule has 0 radical (unpaired) electrons. The first-order valence-electron chi connectivity index (χ1n) is 13.8. The number of ketones is 1. The molecule has 7 nitrogen and oxygen atoms in total. The number of carbonyl (C=O) groups is 4. The number of likely N-dealkylation sites (tertiary alicyclic amines) is 1. The predicted molar refractivity (Wildman–Crippen MR) is 148 cm³/mol. The molecule has 0 aromatic heterocycles. The Morgan fingerprint density at radius 2 is 1.71 bits per heavy atom. The molecule has 204 valence electrons. The van der Waals surface area contributed by atoms with E-state index in [1.54, 1.807) is 23.1 Å². The molecule has 1 saturated heterocycles. The lowest BCUT2D eigenvalue weighted by Crippen LogP contribution is -2.50. The standard InChI is InChI=1S/C31H41N3O4/c1-4-11-25(29(32)36)26(18-21(2)3)30(37)33-27-16-8-9-17-34(31(27)38)20-22-12-10-15-24(19-22)28(35)23-13-6-5-7-14-23/h5-7,10,12-15,19,21,25-27H,4,8-9,11,16-18,20H2,1-3H3,(H2,32,36)(H,33,37)/t25-,26?,27?/m0/s1. The van der Waals surface area contributed by atoms with Gasteiger partial charge in [-0.3, -0.25) is 19.2 Å². The van der Waals surface area contributed by atoms with Gasteiger partial charge in [0.25, 0.3) is 0 Å². The van der Waals surface area contributed by atoms with Crippen LogP contribution in [-0.4, -0.2) is 41.0 Å². The fourth-order valence-electron chi connectivity index (χ4n) is 5.28. The van der Waals surface area contributed by atoms with Crippen molar-refractivity contribution in [1.82, 2.24) is 10.2 Å². The van der Waals surface area contributed by atoms with Crippen molar-refractivity contribution in [2.45, 2.75) is 71.9 Å². The van der Waals surface area contributed by atoms with E-state index in [0.717, 1.165) is 24.8 Å². The maximum Gasteiger partial charge on any atom is 0.245 e. The van der Waals surface area contributed by atoms with E-state index in [9.17, 15) is 19.2 Å². The first-order chi connectivity index (χ1) is 18.2. The number of carbonyl (C=O) groups excluding carboxylic acids is 4. The third-order valence-electron chi connectivity index (χ3n) is 7.21. The highest BCUT2D eigenvalue weighted by Gasteiger charge is 2.35. The monoisotopic (exact) mass is 519 g/mol. The summed E-state index contributed by atoms with van der Waals surface area (Å²) in [7, 11) is 0. The summed E-state index contributed by atoms with van der Waals surface area (Å²) in [5, 5.41) is 2.98. The number of nitrogens with two attached hydrogens (primary N) is 1. The molecule has 2 unspecified atom stereocenters. The van der Waals surface area contributed by atoms with Crippen LogP contribution < -0.4 is 11.1 Å². The van der Waals surface area contributed by atoms with E-state index >= 15 is 0 Å². The zero-order valence-corrected chi connectivity index (χ0v) is 22.8. The summed E-state index contributed by atoms with van der Waals surface area (Å²) in [4.78, 5) is 53.8. The van der Waals surface area contributed by atoms with Crippen LogP contribution in [0.5, 0.6) is 0 Å². The van der Waals surface area contributed by atoms with Crippen molar-refractivity contribution in [2.24, 2.45) is 23.5 Å². The van der Waals surface area contributed by atoms with Crippen molar-refractivity contribution in [3.05, 3.63) is 71.3 Å². The number of nitrogens with one attached hydrogen (secondary N) is 1. The van der Waals surface area contributed by atoms with Crippen LogP contribution in [0.2, 0.25) is 0 Å². The van der Waals surface area contributed by atoms with Crippen molar-refractivity contribution >= 4 is 23.5 Å². The number of rotatable bonds is 12. The average molecular weight is 520 g/mol. The topological polar surface area (TPSA) is 110 Å². The molecular formula is C31H41N3O4. The number of primary amides is 1. The van der Waals surface area contributed by atoms with Gasteiger partial charge in [0.2, 0.25) is 17.7 Å². The zero-order chi connectivity index (χ0) is 27.7. The number of hydrogen-bond donors (Lipinski definition) is 2. The van der Waals surface area contributed by atoms with E-state index in [-0.39, 0.29) is 23.5 Å². The van der Waals surface area contributed by atoms with Crippen LogP contribution >= 0.6 is 0 Å². The van der Waals surface area contributed by atoms with Gasteiger partial charge in [-0.15, -0.1) is 0 Å². The van der Waals surface area contributed by atoms with Gasteiger partial charge in [-0.05, 0) is 49.7 Å². The van der Waals surface area contributed by atoms with E-state index in [1.165, 1.54) is 0 Å². The summed E-state index contributed by atoms with van der Waals surface area (Å²) >= 11 is 0. The second-order valence-corrected chi connectivity index (χ2v) is 10.7. The summed E-state index contributed by atoms with van der Waals surface area (Å²) in [6.45, 7) is 6.93. The van der Waals surface area contributed by atoms with Gasteiger partial charge in [-0.1, -0.05) is 75.7 Å². The van der Waals surface area contributed by atoms with Crippen molar-refractivity contribution in [3.8, 4) is 0 Å². The minimum atomic E-state index is -0.649. The van der Waals surface area contributed by atoms with Gasteiger partial charge in [0.05, 0.1) is 0 Å². The molecule has 3 atom stereocenters. The van der Waals surface area contributed by atoms with Gasteiger partial charge in [0, 0.05) is 36.1 Å². The van der Waals surface area contributed by atoms with Crippen LogP contribution in [0.4, 0.5) is 0 Å². The highest BCUT2D eigenvalue weighted by Crippen LogP contribution is 2.26. The van der Waals surface area contributed by atoms with Gasteiger partial charge < -0.3 is 16.0 Å². The Morgan fingerprint density at radius 1 is 1.00 bits per heavy atom. The summed E-state index contributed by atoms with van der Waals surface area (Å²) in [6, 6.07) is 15.8. The second-order valence-electron chi connectivity index (χ2n) is 10.7. The molecule has 1 fully saturated rings. The summed E-state index contributed by atoms with van der Waals surface area (Å²) in [6.07, 6.45) is 4.02. The fraction of sp³-hybridized carbons (Fsp3) is 0.484. The Kier molecular flexibility index (Phi) is 10.6. The normalized spacial score (nSPS) is 17.5. The average Bonchev–Trinajstić information content (AvgIpc) is 3.07. The van der Waals surface area contributed by atoms with Crippen molar-refractivity contribution in [1.29, 1.82) is 0 Å². The molecular weight excluding hydrogens is 478 g/mol. The zero-order valence-electron chi connectivity index (χ0n) is 22.8. The largest absolute Gasteiger partial charge is 0.369 e. The molecule has 1 heterocycles. The van der Waals surface area contributed by atoms with Crippen LogP contribution in [0, 0.1) is 17.8 Å². The molecule has 2 aromatic carbocycles. The van der Waals surface area contributed by atoms with Gasteiger partial charge in [-0.2, -0.15) is 0 Å². The molecule has 38 heavy (non-hydrogen) atoms. The minimum absolute atomic E-state index is 0.0629. The van der Waals surface area contributed by atoms with Crippen molar-refractivity contribution in [2.75, 3.05) is 6.54 Å². The smallest absolute Gasteiger partial charge is 0.245 e. The van der Waals surface area contributed by atoms with Gasteiger partial charge in [-0.25, -0.2) is 0 Å². The molecule has 2 aromatic rings. The molecule has 0 spiro atoms. The molecule has 3 N–H and O–H groups in total. The Labute approximate surface area is 226 Å². The lowest BCUT2D eigenvalue weighted by atomic mass is 9.81. The second kappa shape index (κ2) is 13.9. The minimum Gasteiger partial charge on any atom is -0.369 e. The van der Waals surface area contributed by atoms with E-state index in [2.05, 4.69) is 5.32 Å². The summed E-state index contributed by atoms with van der Waals surface area (Å²) < 4.78 is 0. The van der Waals surface area contributed by atoms with E-state index in [0.29, 0.717) is 43.5 Å². The van der Waals surface area contributed by atoms with Crippen molar-refractivity contribution in [3.63, 3.8) is 0 Å². The number of amides is 3. The lowest BCUT2D eigenvalue weighted by Gasteiger charge is -2.29. The molecule has 1 aliphatic heterocycles. The van der Waals surface area contributed by atoms with Crippen molar-refractivity contribution < 1.29 is 19.2 Å². The Balaban J connectivity index is 1.74. The maximum absolute atomic E-state index is 13.6. The predicted octanol–water partition coefficient (Wildman–Crippen LogP) is 4.48. The summed E-state index contributed by atoms with van der Waals surface area (Å²) in [5.74, 6) is -1.84.